The molecule has 0 amide bonds. The molecule has 4 rings (SSSR count). The molecule has 1 aromatic carbocycles. The molecule has 2 aromatic rings. The molecule has 2 atom stereocenters. The van der Waals surface area contributed by atoms with Crippen LogP contribution >= 0.6 is 0 Å². The zero-order chi connectivity index (χ0) is 28.1. The highest BCUT2D eigenvalue weighted by Gasteiger charge is 2.30. The van der Waals surface area contributed by atoms with Crippen molar-refractivity contribution in [1.82, 2.24) is 4.57 Å². The van der Waals surface area contributed by atoms with E-state index in [1.54, 1.807) is 4.57 Å². The number of hydrogen-bond donors (Lipinski definition) is 6. The number of aliphatic imine (C=N–C) groups is 1. The molecule has 0 saturated carbocycles. The second kappa shape index (κ2) is 13.4. The molecule has 1 aromatic heterocycles. The molecule has 9 N–H and O–H groups in total. The zero-order valence-electron chi connectivity index (χ0n) is 21.3. The van der Waals surface area contributed by atoms with Crippen LogP contribution in [0.5, 0.6) is 0 Å². The van der Waals surface area contributed by atoms with E-state index in [2.05, 4.69) is 4.99 Å². The number of hydrogen-bond acceptors (Lipinski definition) is 7. The third kappa shape index (κ3) is 7.24. The zero-order valence-corrected chi connectivity index (χ0v) is 21.3. The number of aliphatic hydroxyl groups is 1. The van der Waals surface area contributed by atoms with Crippen molar-refractivity contribution in [2.45, 2.75) is 71.1 Å². The highest BCUT2D eigenvalue weighted by Crippen LogP contribution is 2.38. The van der Waals surface area contributed by atoms with E-state index in [-0.39, 0.29) is 36.5 Å². The van der Waals surface area contributed by atoms with Gasteiger partial charge < -0.3 is 42.0 Å². The Labute approximate surface area is 225 Å². The lowest BCUT2D eigenvalue weighted by Gasteiger charge is -2.36. The minimum Gasteiger partial charge on any atom is -0.480 e. The number of aliphatic carboxylic acids is 1. The van der Waals surface area contributed by atoms with E-state index < -0.39 is 29.2 Å². The van der Waals surface area contributed by atoms with Gasteiger partial charge in [-0.1, -0.05) is 7.43 Å². The predicted molar refractivity (Wildman–Crippen MR) is 148 cm³/mol. The number of aromatic carboxylic acids is 1. The molecular formula is C26H39FN6O6. The fourth-order valence-corrected chi connectivity index (χ4v) is 4.86. The molecule has 0 radical (unpaired) electrons. The monoisotopic (exact) mass is 550 g/mol. The van der Waals surface area contributed by atoms with Gasteiger partial charge in [0.1, 0.15) is 17.4 Å². The number of halogens is 1. The Morgan fingerprint density at radius 3 is 2.41 bits per heavy atom. The molecule has 1 saturated heterocycles. The number of rotatable bonds is 7. The van der Waals surface area contributed by atoms with E-state index in [0.717, 1.165) is 12.0 Å². The number of carboxylic acid groups (broad SMARTS) is 2. The summed E-state index contributed by atoms with van der Waals surface area (Å²) < 4.78 is 16.8. The Kier molecular flexibility index (Phi) is 10.8. The van der Waals surface area contributed by atoms with Crippen molar-refractivity contribution in [3.63, 3.8) is 0 Å². The summed E-state index contributed by atoms with van der Waals surface area (Å²) in [5.41, 5.74) is 16.3. The van der Waals surface area contributed by atoms with Gasteiger partial charge in [0, 0.05) is 42.8 Å². The average molecular weight is 551 g/mol. The Morgan fingerprint density at radius 1 is 1.21 bits per heavy atom. The van der Waals surface area contributed by atoms with Gasteiger partial charge in [0.25, 0.3) is 0 Å². The van der Waals surface area contributed by atoms with Crippen molar-refractivity contribution < 1.29 is 29.3 Å². The van der Waals surface area contributed by atoms with E-state index in [1.807, 2.05) is 11.8 Å². The van der Waals surface area contributed by atoms with Crippen molar-refractivity contribution >= 4 is 34.5 Å². The lowest BCUT2D eigenvalue weighted by molar-refractivity contribution is -0.138. The van der Waals surface area contributed by atoms with Gasteiger partial charge in [0.15, 0.2) is 5.96 Å². The summed E-state index contributed by atoms with van der Waals surface area (Å²) in [6.45, 7) is 3.51. The van der Waals surface area contributed by atoms with Gasteiger partial charge in [-0.25, -0.2) is 9.18 Å². The Balaban J connectivity index is 0.000000352. The maximum absolute atomic E-state index is 15.0. The van der Waals surface area contributed by atoms with Crippen molar-refractivity contribution in [3.8, 4) is 0 Å². The van der Waals surface area contributed by atoms with Gasteiger partial charge in [0.2, 0.25) is 5.43 Å². The highest BCUT2D eigenvalue weighted by atomic mass is 19.1. The maximum Gasteiger partial charge on any atom is 0.341 e. The predicted octanol–water partition coefficient (Wildman–Crippen LogP) is 1.40. The van der Waals surface area contributed by atoms with Crippen LogP contribution in [0, 0.1) is 5.82 Å². The minimum absolute atomic E-state index is 0. The van der Waals surface area contributed by atoms with Gasteiger partial charge >= 0.3 is 11.9 Å². The van der Waals surface area contributed by atoms with Crippen LogP contribution in [0.25, 0.3) is 10.9 Å². The quantitative estimate of drug-likeness (QED) is 0.166. The number of nitrogens with two attached hydrogens (primary N) is 3. The number of aryl methyl sites for hydroxylation is 1. The second-order valence-corrected chi connectivity index (χ2v) is 9.67. The normalized spacial score (nSPS) is 17.4. The molecule has 216 valence electrons. The summed E-state index contributed by atoms with van der Waals surface area (Å²) in [6.07, 6.45) is 4.53. The fourth-order valence-electron chi connectivity index (χ4n) is 4.86. The number of carbonyl (C=O) groups is 2. The van der Waals surface area contributed by atoms with Crippen molar-refractivity contribution in [1.29, 1.82) is 0 Å². The third-order valence-electron chi connectivity index (χ3n) is 6.92. The van der Waals surface area contributed by atoms with Crippen molar-refractivity contribution in [3.05, 3.63) is 39.4 Å². The van der Waals surface area contributed by atoms with Crippen LogP contribution in [0.3, 0.4) is 0 Å². The number of aliphatic hydroxyl groups excluding tert-OH is 1. The highest BCUT2D eigenvalue weighted by molar-refractivity contribution is 5.95. The first-order valence-corrected chi connectivity index (χ1v) is 12.5. The van der Waals surface area contributed by atoms with E-state index >= 15 is 4.39 Å². The number of aromatic nitrogens is 1. The Morgan fingerprint density at radius 2 is 1.85 bits per heavy atom. The molecule has 0 aliphatic carbocycles. The van der Waals surface area contributed by atoms with Crippen LogP contribution in [-0.2, 0) is 11.2 Å². The van der Waals surface area contributed by atoms with Gasteiger partial charge in [-0.2, -0.15) is 0 Å². The lowest BCUT2D eigenvalue weighted by Crippen LogP contribution is -2.37. The number of nitrogens with zero attached hydrogens (tertiary/aromatic N) is 3. The molecule has 2 aliphatic rings. The number of piperidine rings is 1. The third-order valence-corrected chi connectivity index (χ3v) is 6.92. The number of benzene rings is 1. The fraction of sp³-hybridized carbons (Fsp3) is 0.538. The molecular weight excluding hydrogens is 511 g/mol. The van der Waals surface area contributed by atoms with E-state index in [0.29, 0.717) is 62.9 Å². The Bertz CT molecular complexity index is 1280. The van der Waals surface area contributed by atoms with Crippen LogP contribution in [0.1, 0.15) is 68.4 Å². The molecule has 3 heterocycles. The van der Waals surface area contributed by atoms with Crippen molar-refractivity contribution in [2.24, 2.45) is 22.2 Å². The molecule has 1 fully saturated rings. The first kappa shape index (κ1) is 31.5. The van der Waals surface area contributed by atoms with Gasteiger partial charge in [-0.3, -0.25) is 14.6 Å². The SMILES string of the molecule is C.C[C@H]1CCc2c(N3CCC(O)CC3)c(F)cc3c(=O)c(C(=O)O)cn1c23.NC(N)=NCCC[C@H](N)C(=O)O. The van der Waals surface area contributed by atoms with Crippen LogP contribution in [0.2, 0.25) is 0 Å². The van der Waals surface area contributed by atoms with E-state index in [9.17, 15) is 24.6 Å². The van der Waals surface area contributed by atoms with Gasteiger partial charge in [-0.15, -0.1) is 0 Å². The van der Waals surface area contributed by atoms with Gasteiger partial charge in [0.05, 0.1) is 17.3 Å². The van der Waals surface area contributed by atoms with Crippen LogP contribution in [-0.4, -0.2) is 69.6 Å². The van der Waals surface area contributed by atoms with Crippen LogP contribution in [0.4, 0.5) is 10.1 Å². The second-order valence-electron chi connectivity index (χ2n) is 9.67. The molecule has 0 unspecified atom stereocenters. The van der Waals surface area contributed by atoms with Crippen LogP contribution < -0.4 is 27.5 Å². The standard InChI is InChI=1S/C19H21FN2O4.C6H14N4O2.CH4/c1-10-2-3-12-16-13(18(24)14(19(25)26)9-22(10)16)8-15(20)17(12)21-6-4-11(23)5-7-21;7-4(5(11)12)2-1-3-10-6(8)9;/h8-11,23H,2-7H2,1H3,(H,25,26);4H,1-3,7H2,(H,11,12)(H4,8,9,10);1H4/t10-;4-;/m00./s1. The molecule has 13 heteroatoms. The van der Waals surface area contributed by atoms with E-state index in [1.165, 1.54) is 12.3 Å². The summed E-state index contributed by atoms with van der Waals surface area (Å²) in [5, 5.41) is 27.6. The summed E-state index contributed by atoms with van der Waals surface area (Å²) >= 11 is 0. The maximum atomic E-state index is 15.0. The first-order valence-electron chi connectivity index (χ1n) is 12.5. The number of carboxylic acids is 2. The topological polar surface area (TPSA) is 210 Å². The first-order chi connectivity index (χ1) is 17.9. The largest absolute Gasteiger partial charge is 0.480 e. The lowest BCUT2D eigenvalue weighted by atomic mass is 9.93. The van der Waals surface area contributed by atoms with Crippen LogP contribution in [0.15, 0.2) is 22.1 Å². The average Bonchev–Trinajstić information content (AvgIpc) is 2.85. The number of anilines is 1. The molecule has 39 heavy (non-hydrogen) atoms. The van der Waals surface area contributed by atoms with Crippen molar-refractivity contribution in [2.75, 3.05) is 24.5 Å². The molecule has 2 aliphatic heterocycles. The number of pyridine rings is 1. The molecule has 0 spiro atoms. The van der Waals surface area contributed by atoms with Gasteiger partial charge in [-0.05, 0) is 51.5 Å². The summed E-state index contributed by atoms with van der Waals surface area (Å²) in [5.74, 6) is -2.78. The van der Waals surface area contributed by atoms with E-state index in [4.69, 9.17) is 22.3 Å². The molecule has 12 nitrogen and oxygen atoms in total. The summed E-state index contributed by atoms with van der Waals surface area (Å²) in [4.78, 5) is 39.9. The minimum atomic E-state index is -1.30. The number of guanidine groups is 1. The smallest absolute Gasteiger partial charge is 0.341 e. The summed E-state index contributed by atoms with van der Waals surface area (Å²) in [7, 11) is 0. The molecule has 0 bridgehead atoms. The summed E-state index contributed by atoms with van der Waals surface area (Å²) in [6, 6.07) is 0.395. The Hall–Kier alpha value is -3.71.